The molecule has 1 amide bonds. The summed E-state index contributed by atoms with van der Waals surface area (Å²) in [4.78, 5) is 14.4. The molecule has 0 saturated carbocycles. The van der Waals surface area contributed by atoms with Gasteiger partial charge in [-0.1, -0.05) is 18.2 Å². The fourth-order valence-electron chi connectivity index (χ4n) is 2.86. The second-order valence-corrected chi connectivity index (χ2v) is 5.44. The summed E-state index contributed by atoms with van der Waals surface area (Å²) in [6, 6.07) is 13.1. The van der Waals surface area contributed by atoms with Gasteiger partial charge in [0.05, 0.1) is 18.5 Å². The standard InChI is InChI=1S/C18H20N2O3/c1-3-20-14-6-4-5-7-16(14)23-17(18(20)21)11-12-8-9-15(22-2)13(19)10-12/h4-10,17H,3,11,19H2,1-2H3. The molecule has 5 heteroatoms. The Kier molecular flexibility index (Phi) is 4.10. The predicted octanol–water partition coefficient (Wildman–Crippen LogP) is 2.63. The second-order valence-electron chi connectivity index (χ2n) is 5.44. The van der Waals surface area contributed by atoms with Crippen LogP contribution < -0.4 is 20.1 Å². The topological polar surface area (TPSA) is 64.8 Å². The van der Waals surface area contributed by atoms with E-state index in [4.69, 9.17) is 15.2 Å². The number of likely N-dealkylation sites (N-methyl/N-ethyl adjacent to an activating group) is 1. The molecule has 5 nitrogen and oxygen atoms in total. The van der Waals surface area contributed by atoms with Gasteiger partial charge in [-0.25, -0.2) is 0 Å². The monoisotopic (exact) mass is 312 g/mol. The molecule has 0 bridgehead atoms. The molecule has 0 aromatic heterocycles. The van der Waals surface area contributed by atoms with Crippen molar-refractivity contribution in [2.45, 2.75) is 19.4 Å². The van der Waals surface area contributed by atoms with Crippen molar-refractivity contribution in [2.75, 3.05) is 24.3 Å². The summed E-state index contributed by atoms with van der Waals surface area (Å²) in [6.45, 7) is 2.57. The van der Waals surface area contributed by atoms with Crippen molar-refractivity contribution in [3.8, 4) is 11.5 Å². The normalized spacial score (nSPS) is 16.7. The van der Waals surface area contributed by atoms with Crippen molar-refractivity contribution in [3.63, 3.8) is 0 Å². The average molecular weight is 312 g/mol. The molecule has 23 heavy (non-hydrogen) atoms. The van der Waals surface area contributed by atoms with Crippen LogP contribution in [0.3, 0.4) is 0 Å². The van der Waals surface area contributed by atoms with Crippen LogP contribution in [-0.2, 0) is 11.2 Å². The van der Waals surface area contributed by atoms with Crippen LogP contribution >= 0.6 is 0 Å². The fraction of sp³-hybridized carbons (Fsp3) is 0.278. The lowest BCUT2D eigenvalue weighted by Crippen LogP contribution is -2.46. The lowest BCUT2D eigenvalue weighted by atomic mass is 10.0. The number of para-hydroxylation sites is 2. The number of carbonyl (C=O) groups is 1. The van der Waals surface area contributed by atoms with Gasteiger partial charge in [-0.3, -0.25) is 4.79 Å². The molecule has 0 saturated heterocycles. The average Bonchev–Trinajstić information content (AvgIpc) is 2.56. The Morgan fingerprint density at radius 3 is 2.74 bits per heavy atom. The Bertz CT molecular complexity index is 730. The van der Waals surface area contributed by atoms with Crippen LogP contribution in [0.5, 0.6) is 11.5 Å². The third-order valence-corrected chi connectivity index (χ3v) is 4.00. The number of benzene rings is 2. The van der Waals surface area contributed by atoms with Crippen LogP contribution in [0.4, 0.5) is 11.4 Å². The number of methoxy groups -OCH3 is 1. The van der Waals surface area contributed by atoms with Gasteiger partial charge in [-0.15, -0.1) is 0 Å². The molecular weight excluding hydrogens is 292 g/mol. The number of nitrogen functional groups attached to an aromatic ring is 1. The minimum atomic E-state index is -0.544. The molecular formula is C18H20N2O3. The molecule has 2 aromatic carbocycles. The molecule has 1 unspecified atom stereocenters. The first-order valence-corrected chi connectivity index (χ1v) is 7.63. The van der Waals surface area contributed by atoms with Gasteiger partial charge < -0.3 is 20.1 Å². The molecule has 2 aromatic rings. The lowest BCUT2D eigenvalue weighted by molar-refractivity contribution is -0.126. The molecule has 1 aliphatic rings. The SMILES string of the molecule is CCN1C(=O)C(Cc2ccc(OC)c(N)c2)Oc2ccccc21. The number of nitrogens with two attached hydrogens (primary N) is 1. The van der Waals surface area contributed by atoms with Gasteiger partial charge in [-0.05, 0) is 36.8 Å². The fourth-order valence-corrected chi connectivity index (χ4v) is 2.86. The lowest BCUT2D eigenvalue weighted by Gasteiger charge is -2.33. The summed E-state index contributed by atoms with van der Waals surface area (Å²) in [6.07, 6.45) is -0.0737. The number of hydrogen-bond acceptors (Lipinski definition) is 4. The van der Waals surface area contributed by atoms with Gasteiger partial charge in [0.25, 0.3) is 5.91 Å². The number of hydrogen-bond donors (Lipinski definition) is 1. The maximum absolute atomic E-state index is 12.7. The molecule has 0 fully saturated rings. The first-order chi connectivity index (χ1) is 11.1. The molecule has 1 heterocycles. The van der Waals surface area contributed by atoms with E-state index < -0.39 is 6.10 Å². The zero-order valence-electron chi connectivity index (χ0n) is 13.3. The molecule has 0 radical (unpaired) electrons. The number of amides is 1. The summed E-state index contributed by atoms with van der Waals surface area (Å²) < 4.78 is 11.1. The summed E-state index contributed by atoms with van der Waals surface area (Å²) in [5, 5.41) is 0. The molecule has 0 spiro atoms. The number of fused-ring (bicyclic) bond motifs is 1. The number of ether oxygens (including phenoxy) is 2. The highest BCUT2D eigenvalue weighted by molar-refractivity contribution is 6.00. The first kappa shape index (κ1) is 15.2. The maximum Gasteiger partial charge on any atom is 0.268 e. The Morgan fingerprint density at radius 2 is 2.04 bits per heavy atom. The first-order valence-electron chi connectivity index (χ1n) is 7.63. The summed E-state index contributed by atoms with van der Waals surface area (Å²) in [5.74, 6) is 1.34. The number of rotatable bonds is 4. The minimum Gasteiger partial charge on any atom is -0.495 e. The van der Waals surface area contributed by atoms with Gasteiger partial charge in [0.2, 0.25) is 0 Å². The van der Waals surface area contributed by atoms with Gasteiger partial charge in [0.1, 0.15) is 11.5 Å². The van der Waals surface area contributed by atoms with Crippen LogP contribution in [0.1, 0.15) is 12.5 Å². The zero-order valence-corrected chi connectivity index (χ0v) is 13.3. The maximum atomic E-state index is 12.7. The molecule has 120 valence electrons. The van der Waals surface area contributed by atoms with E-state index in [1.165, 1.54) is 0 Å². The highest BCUT2D eigenvalue weighted by Crippen LogP contribution is 2.34. The minimum absolute atomic E-state index is 0.0272. The number of anilines is 2. The zero-order chi connectivity index (χ0) is 16.4. The van der Waals surface area contributed by atoms with Crippen molar-refractivity contribution >= 4 is 17.3 Å². The molecule has 1 aliphatic heterocycles. The van der Waals surface area contributed by atoms with E-state index in [-0.39, 0.29) is 5.91 Å². The van der Waals surface area contributed by atoms with Gasteiger partial charge in [-0.2, -0.15) is 0 Å². The van der Waals surface area contributed by atoms with Gasteiger partial charge >= 0.3 is 0 Å². The Balaban J connectivity index is 1.86. The second kappa shape index (κ2) is 6.20. The third-order valence-electron chi connectivity index (χ3n) is 4.00. The van der Waals surface area contributed by atoms with Crippen LogP contribution in [-0.4, -0.2) is 25.7 Å². The Morgan fingerprint density at radius 1 is 1.26 bits per heavy atom. The van der Waals surface area contributed by atoms with E-state index in [2.05, 4.69) is 0 Å². The molecule has 3 rings (SSSR count). The van der Waals surface area contributed by atoms with Crippen LogP contribution in [0, 0.1) is 0 Å². The van der Waals surface area contributed by atoms with Gasteiger partial charge in [0.15, 0.2) is 6.10 Å². The van der Waals surface area contributed by atoms with E-state index in [9.17, 15) is 4.79 Å². The van der Waals surface area contributed by atoms with Crippen LogP contribution in [0.2, 0.25) is 0 Å². The van der Waals surface area contributed by atoms with Crippen molar-refractivity contribution in [1.82, 2.24) is 0 Å². The number of nitrogens with zero attached hydrogens (tertiary/aromatic N) is 1. The molecule has 2 N–H and O–H groups in total. The van der Waals surface area contributed by atoms with Crippen molar-refractivity contribution in [2.24, 2.45) is 0 Å². The molecule has 1 atom stereocenters. The van der Waals surface area contributed by atoms with E-state index in [1.54, 1.807) is 12.0 Å². The third kappa shape index (κ3) is 2.82. The highest BCUT2D eigenvalue weighted by Gasteiger charge is 2.33. The van der Waals surface area contributed by atoms with E-state index in [0.29, 0.717) is 24.4 Å². The quantitative estimate of drug-likeness (QED) is 0.882. The van der Waals surface area contributed by atoms with Crippen molar-refractivity contribution < 1.29 is 14.3 Å². The highest BCUT2D eigenvalue weighted by atomic mass is 16.5. The number of carbonyl (C=O) groups excluding carboxylic acids is 1. The van der Waals surface area contributed by atoms with E-state index in [0.717, 1.165) is 17.0 Å². The predicted molar refractivity (Wildman–Crippen MR) is 90.0 cm³/mol. The summed E-state index contributed by atoms with van der Waals surface area (Å²) in [7, 11) is 1.58. The summed E-state index contributed by atoms with van der Waals surface area (Å²) in [5.41, 5.74) is 8.26. The van der Waals surface area contributed by atoms with Gasteiger partial charge in [0, 0.05) is 13.0 Å². The smallest absolute Gasteiger partial charge is 0.268 e. The summed E-state index contributed by atoms with van der Waals surface area (Å²) >= 11 is 0. The van der Waals surface area contributed by atoms with Crippen LogP contribution in [0.15, 0.2) is 42.5 Å². The van der Waals surface area contributed by atoms with Crippen molar-refractivity contribution in [3.05, 3.63) is 48.0 Å². The largest absolute Gasteiger partial charge is 0.495 e. The van der Waals surface area contributed by atoms with Crippen LogP contribution in [0.25, 0.3) is 0 Å². The molecule has 0 aliphatic carbocycles. The Hall–Kier alpha value is -2.69. The van der Waals surface area contributed by atoms with E-state index in [1.807, 2.05) is 49.4 Å². The van der Waals surface area contributed by atoms with Crippen molar-refractivity contribution in [1.29, 1.82) is 0 Å². The van der Waals surface area contributed by atoms with E-state index >= 15 is 0 Å². The Labute approximate surface area is 135 Å².